The van der Waals surface area contributed by atoms with E-state index in [2.05, 4.69) is 4.90 Å². The van der Waals surface area contributed by atoms with Gasteiger partial charge in [-0.3, -0.25) is 4.90 Å². The van der Waals surface area contributed by atoms with Crippen LogP contribution in [0.25, 0.3) is 11.0 Å². The fraction of sp³-hybridized carbons (Fsp3) is 0.286. The number of ether oxygens (including phenoxy) is 1. The zero-order valence-corrected chi connectivity index (χ0v) is 15.6. The quantitative estimate of drug-likeness (QED) is 0.629. The number of benzene rings is 2. The van der Waals surface area contributed by atoms with Crippen molar-refractivity contribution in [2.24, 2.45) is 0 Å². The van der Waals surface area contributed by atoms with E-state index in [9.17, 15) is 4.79 Å². The van der Waals surface area contributed by atoms with Crippen LogP contribution in [-0.2, 0) is 19.5 Å². The van der Waals surface area contributed by atoms with E-state index in [0.717, 1.165) is 45.0 Å². The average molecular weight is 370 g/mol. The van der Waals surface area contributed by atoms with Crippen molar-refractivity contribution < 1.29 is 9.15 Å². The Labute approximate surface area is 156 Å². The minimum absolute atomic E-state index is 0.249. The predicted octanol–water partition coefficient (Wildman–Crippen LogP) is 4.67. The van der Waals surface area contributed by atoms with Gasteiger partial charge in [0, 0.05) is 29.1 Å². The first-order chi connectivity index (χ1) is 12.6. The molecule has 4 rings (SSSR count). The van der Waals surface area contributed by atoms with Gasteiger partial charge in [-0.15, -0.1) is 0 Å². The molecule has 0 unspecified atom stereocenters. The summed E-state index contributed by atoms with van der Waals surface area (Å²) in [4.78, 5) is 14.5. The summed E-state index contributed by atoms with van der Waals surface area (Å²) in [6.45, 7) is 5.86. The van der Waals surface area contributed by atoms with Crippen molar-refractivity contribution in [1.29, 1.82) is 0 Å². The first-order valence-electron chi connectivity index (χ1n) is 8.74. The lowest BCUT2D eigenvalue weighted by molar-refractivity contribution is 0.0889. The van der Waals surface area contributed by atoms with Crippen molar-refractivity contribution >= 4 is 22.6 Å². The highest BCUT2D eigenvalue weighted by molar-refractivity contribution is 6.30. The molecule has 2 heterocycles. The number of halogens is 1. The normalized spacial score (nSPS) is 14.3. The Morgan fingerprint density at radius 2 is 1.92 bits per heavy atom. The van der Waals surface area contributed by atoms with Gasteiger partial charge in [0.25, 0.3) is 0 Å². The van der Waals surface area contributed by atoms with Crippen LogP contribution >= 0.6 is 11.6 Å². The molecular formula is C21H20ClNO3. The van der Waals surface area contributed by atoms with Gasteiger partial charge < -0.3 is 9.15 Å². The van der Waals surface area contributed by atoms with E-state index < -0.39 is 0 Å². The standard InChI is InChI=1S/C21H20ClNO3/c1-3-16-13(2)17-8-9-19-18(20(17)26-21(16)24)11-23(12-25-19)10-14-4-6-15(22)7-5-14/h4-9H,3,10-12H2,1-2H3. The van der Waals surface area contributed by atoms with Gasteiger partial charge in [0.2, 0.25) is 0 Å². The first kappa shape index (κ1) is 17.1. The molecule has 0 fully saturated rings. The summed E-state index contributed by atoms with van der Waals surface area (Å²) in [6.07, 6.45) is 0.667. The van der Waals surface area contributed by atoms with Gasteiger partial charge in [0.05, 0.1) is 5.56 Å². The zero-order valence-electron chi connectivity index (χ0n) is 14.8. The van der Waals surface area contributed by atoms with Gasteiger partial charge in [0.15, 0.2) is 0 Å². The highest BCUT2D eigenvalue weighted by atomic mass is 35.5. The van der Waals surface area contributed by atoms with Crippen LogP contribution < -0.4 is 10.4 Å². The van der Waals surface area contributed by atoms with Crippen molar-refractivity contribution in [3.8, 4) is 5.75 Å². The van der Waals surface area contributed by atoms with Gasteiger partial charge in [-0.2, -0.15) is 0 Å². The minimum atomic E-state index is -0.249. The summed E-state index contributed by atoms with van der Waals surface area (Å²) in [5.74, 6) is 0.789. The highest BCUT2D eigenvalue weighted by Gasteiger charge is 2.23. The Bertz CT molecular complexity index is 1020. The van der Waals surface area contributed by atoms with E-state index in [1.54, 1.807) is 0 Å². The summed E-state index contributed by atoms with van der Waals surface area (Å²) in [6, 6.07) is 11.8. The second kappa shape index (κ2) is 6.78. The van der Waals surface area contributed by atoms with Crippen molar-refractivity contribution in [2.45, 2.75) is 33.4 Å². The van der Waals surface area contributed by atoms with Gasteiger partial charge in [-0.25, -0.2) is 4.79 Å². The number of rotatable bonds is 3. The average Bonchev–Trinajstić information content (AvgIpc) is 2.64. The second-order valence-corrected chi connectivity index (χ2v) is 7.09. The molecule has 0 radical (unpaired) electrons. The van der Waals surface area contributed by atoms with Gasteiger partial charge in [0.1, 0.15) is 18.1 Å². The summed E-state index contributed by atoms with van der Waals surface area (Å²) in [5.41, 5.74) is 4.23. The number of hydrogen-bond donors (Lipinski definition) is 0. The van der Waals surface area contributed by atoms with E-state index in [1.807, 2.05) is 50.2 Å². The molecule has 134 valence electrons. The van der Waals surface area contributed by atoms with Crippen molar-refractivity contribution in [1.82, 2.24) is 4.90 Å². The topological polar surface area (TPSA) is 42.7 Å². The van der Waals surface area contributed by atoms with Crippen molar-refractivity contribution in [2.75, 3.05) is 6.73 Å². The van der Waals surface area contributed by atoms with Crippen LogP contribution in [0, 0.1) is 6.92 Å². The third kappa shape index (κ3) is 3.00. The smallest absolute Gasteiger partial charge is 0.339 e. The molecule has 0 spiro atoms. The van der Waals surface area contributed by atoms with E-state index >= 15 is 0 Å². The largest absolute Gasteiger partial charge is 0.478 e. The van der Waals surface area contributed by atoms with Crippen LogP contribution in [0.4, 0.5) is 0 Å². The summed E-state index contributed by atoms with van der Waals surface area (Å²) in [5, 5.41) is 1.71. The maximum Gasteiger partial charge on any atom is 0.339 e. The van der Waals surface area contributed by atoms with Crippen LogP contribution in [0.1, 0.15) is 29.2 Å². The molecule has 26 heavy (non-hydrogen) atoms. The molecule has 0 bridgehead atoms. The monoisotopic (exact) mass is 369 g/mol. The molecular weight excluding hydrogens is 350 g/mol. The van der Waals surface area contributed by atoms with E-state index in [1.165, 1.54) is 0 Å². The number of hydrogen-bond acceptors (Lipinski definition) is 4. The number of aryl methyl sites for hydroxylation is 1. The molecule has 4 nitrogen and oxygen atoms in total. The fourth-order valence-corrected chi connectivity index (χ4v) is 3.69. The first-order valence-corrected chi connectivity index (χ1v) is 9.12. The molecule has 0 N–H and O–H groups in total. The van der Waals surface area contributed by atoms with Crippen LogP contribution in [0.15, 0.2) is 45.6 Å². The summed E-state index contributed by atoms with van der Waals surface area (Å²) >= 11 is 5.96. The third-order valence-corrected chi connectivity index (χ3v) is 5.22. The second-order valence-electron chi connectivity index (χ2n) is 6.65. The molecule has 3 aromatic rings. The van der Waals surface area contributed by atoms with Crippen molar-refractivity contribution in [3.05, 3.63) is 74.1 Å². The summed E-state index contributed by atoms with van der Waals surface area (Å²) < 4.78 is 11.6. The molecule has 0 amide bonds. The fourth-order valence-electron chi connectivity index (χ4n) is 3.57. The third-order valence-electron chi connectivity index (χ3n) is 4.97. The Hall–Kier alpha value is -2.30. The SMILES string of the molecule is CCc1c(C)c2ccc3c(c2oc1=O)CN(Cc1ccc(Cl)cc1)CO3. The van der Waals surface area contributed by atoms with E-state index in [-0.39, 0.29) is 5.63 Å². The van der Waals surface area contributed by atoms with Gasteiger partial charge in [-0.05, 0) is 48.7 Å². The maximum absolute atomic E-state index is 12.3. The molecule has 2 aromatic carbocycles. The maximum atomic E-state index is 12.3. The highest BCUT2D eigenvalue weighted by Crippen LogP contribution is 2.34. The van der Waals surface area contributed by atoms with E-state index in [0.29, 0.717) is 25.3 Å². The lowest BCUT2D eigenvalue weighted by Crippen LogP contribution is -2.31. The predicted molar refractivity (Wildman–Crippen MR) is 103 cm³/mol. The molecule has 1 aromatic heterocycles. The Kier molecular flexibility index (Phi) is 4.47. The van der Waals surface area contributed by atoms with Crippen LogP contribution in [-0.4, -0.2) is 11.6 Å². The molecule has 0 aliphatic carbocycles. The van der Waals surface area contributed by atoms with Crippen molar-refractivity contribution in [3.63, 3.8) is 0 Å². The minimum Gasteiger partial charge on any atom is -0.478 e. The van der Waals surface area contributed by atoms with E-state index in [4.69, 9.17) is 20.8 Å². The molecule has 0 saturated heterocycles. The molecule has 1 aliphatic rings. The molecule has 0 saturated carbocycles. The van der Waals surface area contributed by atoms with Crippen LogP contribution in [0.2, 0.25) is 5.02 Å². The summed E-state index contributed by atoms with van der Waals surface area (Å²) in [7, 11) is 0. The lowest BCUT2D eigenvalue weighted by atomic mass is 10.0. The molecule has 1 aliphatic heterocycles. The Morgan fingerprint density at radius 1 is 1.15 bits per heavy atom. The van der Waals surface area contributed by atoms with Crippen LogP contribution in [0.3, 0.4) is 0 Å². The number of fused-ring (bicyclic) bond motifs is 3. The molecule has 0 atom stereocenters. The molecule has 5 heteroatoms. The van der Waals surface area contributed by atoms with Crippen LogP contribution in [0.5, 0.6) is 5.75 Å². The Balaban J connectivity index is 1.72. The van der Waals surface area contributed by atoms with Gasteiger partial charge >= 0.3 is 5.63 Å². The number of nitrogens with zero attached hydrogens (tertiary/aromatic N) is 1. The zero-order chi connectivity index (χ0) is 18.3. The Morgan fingerprint density at radius 3 is 2.65 bits per heavy atom. The van der Waals surface area contributed by atoms with Gasteiger partial charge in [-0.1, -0.05) is 30.7 Å². The lowest BCUT2D eigenvalue weighted by Gasteiger charge is -2.29.